The van der Waals surface area contributed by atoms with Gasteiger partial charge in [-0.15, -0.1) is 0 Å². The first-order valence-electron chi connectivity index (χ1n) is 9.57. The predicted molar refractivity (Wildman–Crippen MR) is 102 cm³/mol. The third-order valence-corrected chi connectivity index (χ3v) is 6.27. The number of halogens is 1. The van der Waals surface area contributed by atoms with Crippen molar-refractivity contribution in [2.45, 2.75) is 45.3 Å². The molecule has 2 aromatic rings. The Morgan fingerprint density at radius 1 is 1.08 bits per heavy atom. The zero-order chi connectivity index (χ0) is 18.3. The first-order chi connectivity index (χ1) is 12.5. The van der Waals surface area contributed by atoms with Crippen molar-refractivity contribution in [3.05, 3.63) is 70.3 Å². The molecule has 136 valence electrons. The third kappa shape index (κ3) is 2.99. The van der Waals surface area contributed by atoms with Gasteiger partial charge in [0.05, 0.1) is 0 Å². The van der Waals surface area contributed by atoms with E-state index in [1.165, 1.54) is 5.56 Å². The number of piperidine rings is 1. The van der Waals surface area contributed by atoms with Crippen molar-refractivity contribution in [2.75, 3.05) is 13.1 Å². The first-order valence-corrected chi connectivity index (χ1v) is 9.57. The van der Waals surface area contributed by atoms with Crippen LogP contribution >= 0.6 is 0 Å². The maximum absolute atomic E-state index is 15.8. The number of Topliss-reactive ketones (excluding diaryl/α,β-unsaturated/α-hetero) is 1. The zero-order valence-electron chi connectivity index (χ0n) is 15.6. The number of rotatable bonds is 3. The minimum atomic E-state index is -1.71. The lowest BCUT2D eigenvalue weighted by Crippen LogP contribution is -2.46. The van der Waals surface area contributed by atoms with Crippen LogP contribution in [0.25, 0.3) is 0 Å². The average molecular weight is 351 g/mol. The number of nitrogens with zero attached hydrogens (tertiary/aromatic N) is 1. The number of fused-ring (bicyclic) bond motifs is 1. The van der Waals surface area contributed by atoms with Crippen molar-refractivity contribution >= 4 is 5.78 Å². The van der Waals surface area contributed by atoms with Crippen LogP contribution in [0.3, 0.4) is 0 Å². The summed E-state index contributed by atoms with van der Waals surface area (Å²) in [4.78, 5) is 15.2. The molecule has 0 spiro atoms. The van der Waals surface area contributed by atoms with Crippen molar-refractivity contribution < 1.29 is 9.18 Å². The first kappa shape index (κ1) is 17.4. The number of carbonyl (C=O) groups excluding carboxylic acids is 1. The molecular weight excluding hydrogens is 325 g/mol. The number of carbonyl (C=O) groups is 1. The highest BCUT2D eigenvalue weighted by atomic mass is 19.1. The largest absolute Gasteiger partial charge is 0.299 e. The number of aryl methyl sites for hydroxylation is 2. The lowest BCUT2D eigenvalue weighted by atomic mass is 9.79. The van der Waals surface area contributed by atoms with Gasteiger partial charge in [-0.3, -0.25) is 9.69 Å². The Labute approximate surface area is 155 Å². The molecule has 1 heterocycles. The van der Waals surface area contributed by atoms with Crippen molar-refractivity contribution in [3.63, 3.8) is 0 Å². The van der Waals surface area contributed by atoms with Gasteiger partial charge < -0.3 is 0 Å². The van der Waals surface area contributed by atoms with E-state index in [1.807, 2.05) is 32.0 Å². The van der Waals surface area contributed by atoms with Gasteiger partial charge in [0.2, 0.25) is 5.78 Å². The Bertz CT molecular complexity index is 824. The van der Waals surface area contributed by atoms with E-state index in [-0.39, 0.29) is 18.1 Å². The molecule has 0 amide bonds. The fourth-order valence-electron chi connectivity index (χ4n) is 4.53. The van der Waals surface area contributed by atoms with E-state index in [1.54, 1.807) is 0 Å². The topological polar surface area (TPSA) is 20.3 Å². The number of ketones is 1. The van der Waals surface area contributed by atoms with Crippen molar-refractivity contribution in [1.29, 1.82) is 0 Å². The van der Waals surface area contributed by atoms with E-state index >= 15 is 4.39 Å². The van der Waals surface area contributed by atoms with E-state index in [0.717, 1.165) is 49.2 Å². The van der Waals surface area contributed by atoms with Crippen LogP contribution in [-0.2, 0) is 13.0 Å². The SMILES string of the molecule is Cc1cc2c(cc1C)C(=O)C(F)(C1CCN(Cc3ccccc3)CC1)C2. The lowest BCUT2D eigenvalue weighted by molar-refractivity contribution is 0.0326. The molecule has 1 fully saturated rings. The Morgan fingerprint density at radius 2 is 1.73 bits per heavy atom. The second-order valence-electron chi connectivity index (χ2n) is 8.00. The van der Waals surface area contributed by atoms with Crippen molar-refractivity contribution in [2.24, 2.45) is 5.92 Å². The molecule has 0 N–H and O–H groups in total. The smallest absolute Gasteiger partial charge is 0.200 e. The summed E-state index contributed by atoms with van der Waals surface area (Å²) in [6.07, 6.45) is 1.76. The van der Waals surface area contributed by atoms with Gasteiger partial charge >= 0.3 is 0 Å². The monoisotopic (exact) mass is 351 g/mol. The highest BCUT2D eigenvalue weighted by Crippen LogP contribution is 2.43. The van der Waals surface area contributed by atoms with Gasteiger partial charge in [0.1, 0.15) is 0 Å². The molecule has 1 aliphatic carbocycles. The third-order valence-electron chi connectivity index (χ3n) is 6.27. The van der Waals surface area contributed by atoms with Crippen LogP contribution in [0.2, 0.25) is 0 Å². The van der Waals surface area contributed by atoms with Gasteiger partial charge in [0.25, 0.3) is 0 Å². The van der Waals surface area contributed by atoms with Gasteiger partial charge in [-0.05, 0) is 68.1 Å². The molecule has 1 unspecified atom stereocenters. The lowest BCUT2D eigenvalue weighted by Gasteiger charge is -2.37. The molecule has 0 saturated carbocycles. The predicted octanol–water partition coefficient (Wildman–Crippen LogP) is 4.66. The summed E-state index contributed by atoms with van der Waals surface area (Å²) in [5, 5.41) is 0. The molecule has 2 nitrogen and oxygen atoms in total. The van der Waals surface area contributed by atoms with Crippen LogP contribution in [0.1, 0.15) is 45.5 Å². The minimum absolute atomic E-state index is 0.171. The highest BCUT2D eigenvalue weighted by Gasteiger charge is 2.52. The van der Waals surface area contributed by atoms with Crippen molar-refractivity contribution in [3.8, 4) is 0 Å². The molecule has 2 aromatic carbocycles. The summed E-state index contributed by atoms with van der Waals surface area (Å²) < 4.78 is 15.8. The second-order valence-corrected chi connectivity index (χ2v) is 8.00. The number of hydrogen-bond acceptors (Lipinski definition) is 2. The van der Waals surface area contributed by atoms with Crippen LogP contribution in [0.5, 0.6) is 0 Å². The van der Waals surface area contributed by atoms with E-state index in [9.17, 15) is 4.79 Å². The van der Waals surface area contributed by atoms with E-state index in [0.29, 0.717) is 5.56 Å². The summed E-state index contributed by atoms with van der Waals surface area (Å²) >= 11 is 0. The Hall–Kier alpha value is -2.00. The molecule has 26 heavy (non-hydrogen) atoms. The van der Waals surface area contributed by atoms with Crippen molar-refractivity contribution in [1.82, 2.24) is 4.90 Å². The number of benzene rings is 2. The molecule has 0 bridgehead atoms. The minimum Gasteiger partial charge on any atom is -0.299 e. The number of likely N-dealkylation sites (tertiary alicyclic amines) is 1. The molecule has 1 aliphatic heterocycles. The van der Waals surface area contributed by atoms with E-state index < -0.39 is 5.67 Å². The fraction of sp³-hybridized carbons (Fsp3) is 0.435. The van der Waals surface area contributed by atoms with Gasteiger partial charge in [0, 0.05) is 24.4 Å². The second kappa shape index (κ2) is 6.62. The van der Waals surface area contributed by atoms with Crippen LogP contribution < -0.4 is 0 Å². The van der Waals surface area contributed by atoms with Gasteiger partial charge in [0.15, 0.2) is 5.67 Å². The number of hydrogen-bond donors (Lipinski definition) is 0. The molecular formula is C23H26FNO. The van der Waals surface area contributed by atoms with Crippen LogP contribution in [-0.4, -0.2) is 29.4 Å². The van der Waals surface area contributed by atoms with E-state index in [2.05, 4.69) is 29.2 Å². The standard InChI is InChI=1S/C23H26FNO/c1-16-12-19-14-23(24,22(26)21(19)13-17(16)2)20-8-10-25(11-9-20)15-18-6-4-3-5-7-18/h3-7,12-13,20H,8-11,14-15H2,1-2H3. The summed E-state index contributed by atoms with van der Waals surface area (Å²) in [6, 6.07) is 14.3. The number of alkyl halides is 1. The summed E-state index contributed by atoms with van der Waals surface area (Å²) in [5.74, 6) is -0.452. The van der Waals surface area contributed by atoms with Crippen LogP contribution in [0, 0.1) is 19.8 Å². The fourth-order valence-corrected chi connectivity index (χ4v) is 4.53. The maximum Gasteiger partial charge on any atom is 0.200 e. The van der Waals surface area contributed by atoms with Gasteiger partial charge in [-0.25, -0.2) is 4.39 Å². The average Bonchev–Trinajstić information content (AvgIpc) is 2.89. The Balaban J connectivity index is 1.45. The van der Waals surface area contributed by atoms with Gasteiger partial charge in [-0.1, -0.05) is 36.4 Å². The normalized spacial score (nSPS) is 24.0. The maximum atomic E-state index is 15.8. The molecule has 1 saturated heterocycles. The quantitative estimate of drug-likeness (QED) is 0.801. The highest BCUT2D eigenvalue weighted by molar-refractivity contribution is 6.07. The molecule has 0 radical (unpaired) electrons. The molecule has 1 atom stereocenters. The molecule has 2 aliphatic rings. The summed E-state index contributed by atoms with van der Waals surface area (Å²) in [7, 11) is 0. The Morgan fingerprint density at radius 3 is 2.42 bits per heavy atom. The molecule has 4 rings (SSSR count). The summed E-state index contributed by atoms with van der Waals surface area (Å²) in [5.41, 5.74) is 3.30. The van der Waals surface area contributed by atoms with Gasteiger partial charge in [-0.2, -0.15) is 0 Å². The molecule has 0 aromatic heterocycles. The summed E-state index contributed by atoms with van der Waals surface area (Å²) in [6.45, 7) is 6.63. The molecule has 3 heteroatoms. The zero-order valence-corrected chi connectivity index (χ0v) is 15.6. The Kier molecular flexibility index (Phi) is 4.44. The van der Waals surface area contributed by atoms with Crippen LogP contribution in [0.15, 0.2) is 42.5 Å². The van der Waals surface area contributed by atoms with Crippen LogP contribution in [0.4, 0.5) is 4.39 Å². The van der Waals surface area contributed by atoms with E-state index in [4.69, 9.17) is 0 Å².